The van der Waals surface area contributed by atoms with E-state index in [2.05, 4.69) is 0 Å². The molecule has 0 atom stereocenters. The summed E-state index contributed by atoms with van der Waals surface area (Å²) in [5.74, 6) is 0. The SMILES string of the molecule is OCc1ccc(CN(CCC(F)(F)F)C2CCC2)cc1. The van der Waals surface area contributed by atoms with Gasteiger partial charge in [0.05, 0.1) is 13.0 Å². The molecule has 0 radical (unpaired) electrons. The number of benzene rings is 1. The molecular formula is C15H20F3NO. The van der Waals surface area contributed by atoms with Gasteiger partial charge in [-0.25, -0.2) is 0 Å². The van der Waals surface area contributed by atoms with Gasteiger partial charge in [-0.1, -0.05) is 30.7 Å². The van der Waals surface area contributed by atoms with Crippen LogP contribution in [0.25, 0.3) is 0 Å². The van der Waals surface area contributed by atoms with Gasteiger partial charge in [0.15, 0.2) is 0 Å². The Morgan fingerprint density at radius 1 is 1.10 bits per heavy atom. The summed E-state index contributed by atoms with van der Waals surface area (Å²) in [5, 5.41) is 8.98. The van der Waals surface area contributed by atoms with Crippen molar-refractivity contribution in [2.24, 2.45) is 0 Å². The van der Waals surface area contributed by atoms with Crippen molar-refractivity contribution < 1.29 is 18.3 Å². The Hall–Kier alpha value is -1.07. The Bertz CT molecular complexity index is 412. The molecule has 0 heterocycles. The number of aliphatic hydroxyl groups is 1. The van der Waals surface area contributed by atoms with Crippen molar-refractivity contribution in [3.63, 3.8) is 0 Å². The smallest absolute Gasteiger partial charge is 0.390 e. The normalized spacial score (nSPS) is 16.4. The first-order valence-corrected chi connectivity index (χ1v) is 6.97. The van der Waals surface area contributed by atoms with Crippen molar-refractivity contribution in [2.75, 3.05) is 6.54 Å². The first-order valence-electron chi connectivity index (χ1n) is 6.97. The zero-order chi connectivity index (χ0) is 14.6. The van der Waals surface area contributed by atoms with Gasteiger partial charge in [0.2, 0.25) is 0 Å². The molecule has 2 nitrogen and oxygen atoms in total. The number of alkyl halides is 3. The molecular weight excluding hydrogens is 267 g/mol. The van der Waals surface area contributed by atoms with Gasteiger partial charge < -0.3 is 5.11 Å². The Labute approximate surface area is 117 Å². The molecule has 1 aliphatic carbocycles. The third-order valence-electron chi connectivity index (χ3n) is 3.86. The van der Waals surface area contributed by atoms with Gasteiger partial charge in [-0.05, 0) is 24.0 Å². The predicted octanol–water partition coefficient (Wildman–Crippen LogP) is 3.49. The standard InChI is InChI=1S/C15H20F3NO/c16-15(17,18)8-9-19(14-2-1-3-14)10-12-4-6-13(11-20)7-5-12/h4-7,14,20H,1-3,8-11H2. The second-order valence-electron chi connectivity index (χ2n) is 5.39. The van der Waals surface area contributed by atoms with E-state index < -0.39 is 12.6 Å². The van der Waals surface area contributed by atoms with Crippen LogP contribution in [0.5, 0.6) is 0 Å². The van der Waals surface area contributed by atoms with Crippen molar-refractivity contribution in [3.8, 4) is 0 Å². The number of hydrogen-bond acceptors (Lipinski definition) is 2. The maximum atomic E-state index is 12.4. The molecule has 1 aromatic carbocycles. The first kappa shape index (κ1) is 15.3. The molecule has 1 aliphatic rings. The highest BCUT2D eigenvalue weighted by molar-refractivity contribution is 5.22. The van der Waals surface area contributed by atoms with Crippen molar-refractivity contribution in [3.05, 3.63) is 35.4 Å². The molecule has 5 heteroatoms. The average Bonchev–Trinajstić information content (AvgIpc) is 2.34. The molecule has 1 fully saturated rings. The summed E-state index contributed by atoms with van der Waals surface area (Å²) in [7, 11) is 0. The van der Waals surface area contributed by atoms with E-state index in [-0.39, 0.29) is 19.2 Å². The summed E-state index contributed by atoms with van der Waals surface area (Å²) < 4.78 is 37.2. The van der Waals surface area contributed by atoms with Gasteiger partial charge >= 0.3 is 6.18 Å². The van der Waals surface area contributed by atoms with Gasteiger partial charge in [0.1, 0.15) is 0 Å². The van der Waals surface area contributed by atoms with E-state index >= 15 is 0 Å². The van der Waals surface area contributed by atoms with Crippen LogP contribution in [0.3, 0.4) is 0 Å². The summed E-state index contributed by atoms with van der Waals surface area (Å²) in [6, 6.07) is 7.68. The van der Waals surface area contributed by atoms with Gasteiger partial charge in [-0.3, -0.25) is 4.90 Å². The molecule has 0 spiro atoms. The highest BCUT2D eigenvalue weighted by atomic mass is 19.4. The summed E-state index contributed by atoms with van der Waals surface area (Å²) in [4.78, 5) is 1.94. The van der Waals surface area contributed by atoms with E-state index in [9.17, 15) is 13.2 Å². The molecule has 0 aromatic heterocycles. The first-order chi connectivity index (χ1) is 9.48. The van der Waals surface area contributed by atoms with Crippen LogP contribution in [0.4, 0.5) is 13.2 Å². The fraction of sp³-hybridized carbons (Fsp3) is 0.600. The number of hydrogen-bond donors (Lipinski definition) is 1. The van der Waals surface area contributed by atoms with E-state index in [0.717, 1.165) is 30.4 Å². The lowest BCUT2D eigenvalue weighted by atomic mass is 9.91. The molecule has 20 heavy (non-hydrogen) atoms. The minimum Gasteiger partial charge on any atom is -0.392 e. The maximum absolute atomic E-state index is 12.4. The number of aliphatic hydroxyl groups excluding tert-OH is 1. The quantitative estimate of drug-likeness (QED) is 0.866. The van der Waals surface area contributed by atoms with Crippen LogP contribution in [-0.2, 0) is 13.2 Å². The molecule has 0 unspecified atom stereocenters. The molecule has 0 amide bonds. The lowest BCUT2D eigenvalue weighted by molar-refractivity contribution is -0.140. The Balaban J connectivity index is 1.95. The summed E-state index contributed by atoms with van der Waals surface area (Å²) in [6.07, 6.45) is -1.75. The number of rotatable bonds is 6. The molecule has 1 N–H and O–H groups in total. The molecule has 0 saturated heterocycles. The minimum absolute atomic E-state index is 0.0132. The van der Waals surface area contributed by atoms with Gasteiger partial charge in [0.25, 0.3) is 0 Å². The highest BCUT2D eigenvalue weighted by Gasteiger charge is 2.31. The third kappa shape index (κ3) is 4.49. The topological polar surface area (TPSA) is 23.5 Å². The zero-order valence-electron chi connectivity index (χ0n) is 11.4. The molecule has 0 bridgehead atoms. The summed E-state index contributed by atoms with van der Waals surface area (Å²) in [6.45, 7) is 0.600. The molecule has 1 aromatic rings. The van der Waals surface area contributed by atoms with E-state index in [1.54, 1.807) is 0 Å². The fourth-order valence-electron chi connectivity index (χ4n) is 2.40. The molecule has 112 valence electrons. The molecule has 1 saturated carbocycles. The highest BCUT2D eigenvalue weighted by Crippen LogP contribution is 2.28. The van der Waals surface area contributed by atoms with Crippen LogP contribution in [0, 0.1) is 0 Å². The largest absolute Gasteiger partial charge is 0.392 e. The average molecular weight is 287 g/mol. The Morgan fingerprint density at radius 2 is 1.70 bits per heavy atom. The Kier molecular flexibility index (Phi) is 5.05. The Morgan fingerprint density at radius 3 is 2.15 bits per heavy atom. The van der Waals surface area contributed by atoms with Crippen LogP contribution in [0.1, 0.15) is 36.8 Å². The molecule has 0 aliphatic heterocycles. The summed E-state index contributed by atoms with van der Waals surface area (Å²) >= 11 is 0. The minimum atomic E-state index is -4.09. The number of halogens is 3. The van der Waals surface area contributed by atoms with E-state index in [1.807, 2.05) is 29.2 Å². The van der Waals surface area contributed by atoms with Crippen molar-refractivity contribution in [1.29, 1.82) is 0 Å². The summed E-state index contributed by atoms with van der Waals surface area (Å²) in [5.41, 5.74) is 1.82. The third-order valence-corrected chi connectivity index (χ3v) is 3.86. The zero-order valence-corrected chi connectivity index (χ0v) is 11.4. The lowest BCUT2D eigenvalue weighted by Crippen LogP contribution is -2.41. The van der Waals surface area contributed by atoms with Gasteiger partial charge in [-0.15, -0.1) is 0 Å². The van der Waals surface area contributed by atoms with E-state index in [4.69, 9.17) is 5.11 Å². The van der Waals surface area contributed by atoms with E-state index in [1.165, 1.54) is 0 Å². The van der Waals surface area contributed by atoms with Crippen LogP contribution in [0.2, 0.25) is 0 Å². The maximum Gasteiger partial charge on any atom is 0.390 e. The van der Waals surface area contributed by atoms with Crippen molar-refractivity contribution in [2.45, 2.75) is 51.1 Å². The van der Waals surface area contributed by atoms with E-state index in [0.29, 0.717) is 6.54 Å². The van der Waals surface area contributed by atoms with Crippen LogP contribution >= 0.6 is 0 Å². The van der Waals surface area contributed by atoms with Crippen LogP contribution in [0.15, 0.2) is 24.3 Å². The van der Waals surface area contributed by atoms with Crippen molar-refractivity contribution >= 4 is 0 Å². The predicted molar refractivity (Wildman–Crippen MR) is 71.1 cm³/mol. The monoisotopic (exact) mass is 287 g/mol. The van der Waals surface area contributed by atoms with Gasteiger partial charge in [0, 0.05) is 19.1 Å². The van der Waals surface area contributed by atoms with Crippen molar-refractivity contribution in [1.82, 2.24) is 4.90 Å². The van der Waals surface area contributed by atoms with Crippen LogP contribution < -0.4 is 0 Å². The number of nitrogens with zero attached hydrogens (tertiary/aromatic N) is 1. The van der Waals surface area contributed by atoms with Crippen LogP contribution in [-0.4, -0.2) is 28.8 Å². The van der Waals surface area contributed by atoms with Gasteiger partial charge in [-0.2, -0.15) is 13.2 Å². The fourth-order valence-corrected chi connectivity index (χ4v) is 2.40. The second-order valence-corrected chi connectivity index (χ2v) is 5.39. The lowest BCUT2D eigenvalue weighted by Gasteiger charge is -2.37. The second kappa shape index (κ2) is 6.59. The molecule has 2 rings (SSSR count).